The third-order valence-corrected chi connectivity index (χ3v) is 11.5. The van der Waals surface area contributed by atoms with Crippen LogP contribution in [0, 0.1) is 29.0 Å². The van der Waals surface area contributed by atoms with Crippen molar-refractivity contribution in [1.82, 2.24) is 20.4 Å². The van der Waals surface area contributed by atoms with Gasteiger partial charge in [-0.3, -0.25) is 14.4 Å². The molecule has 2 aromatic rings. The fourth-order valence-corrected chi connectivity index (χ4v) is 8.94. The third kappa shape index (κ3) is 8.16. The summed E-state index contributed by atoms with van der Waals surface area (Å²) < 4.78 is 19.4. The zero-order valence-corrected chi connectivity index (χ0v) is 29.8. The van der Waals surface area contributed by atoms with Crippen LogP contribution in [0.5, 0.6) is 0 Å². The molecule has 4 amide bonds. The lowest BCUT2D eigenvalue weighted by Crippen LogP contribution is -2.59. The summed E-state index contributed by atoms with van der Waals surface area (Å²) in [6.45, 7) is 7.58. The van der Waals surface area contributed by atoms with Gasteiger partial charge in [-0.1, -0.05) is 61.7 Å². The lowest BCUT2D eigenvalue weighted by atomic mass is 9.63. The minimum Gasteiger partial charge on any atom is -0.445 e. The highest BCUT2D eigenvalue weighted by Gasteiger charge is 2.52. The maximum Gasteiger partial charge on any atom is 0.410 e. The van der Waals surface area contributed by atoms with Gasteiger partial charge in [-0.2, -0.15) is 0 Å². The van der Waals surface area contributed by atoms with Crippen molar-refractivity contribution in [2.24, 2.45) is 23.2 Å². The molecule has 0 aromatic heterocycles. The number of halogens is 1. The largest absolute Gasteiger partial charge is 0.445 e. The maximum absolute atomic E-state index is 14.3. The van der Waals surface area contributed by atoms with Crippen molar-refractivity contribution in [3.05, 3.63) is 71.5 Å². The minimum absolute atomic E-state index is 0.0864. The van der Waals surface area contributed by atoms with Crippen molar-refractivity contribution >= 4 is 23.8 Å². The molecule has 0 spiro atoms. The van der Waals surface area contributed by atoms with Crippen LogP contribution in [0.25, 0.3) is 0 Å². The van der Waals surface area contributed by atoms with Gasteiger partial charge in [0.25, 0.3) is 0 Å². The van der Waals surface area contributed by atoms with Crippen LogP contribution >= 0.6 is 0 Å². The highest BCUT2D eigenvalue weighted by Crippen LogP contribution is 2.47. The molecule has 4 fully saturated rings. The highest BCUT2D eigenvalue weighted by molar-refractivity contribution is 5.90. The van der Waals surface area contributed by atoms with Crippen LogP contribution in [0.1, 0.15) is 89.7 Å². The molecule has 2 saturated carbocycles. The van der Waals surface area contributed by atoms with E-state index >= 15 is 0 Å². The fraction of sp³-hybridized carbons (Fsp3) is 0.600. The highest BCUT2D eigenvalue weighted by atomic mass is 19.1. The van der Waals surface area contributed by atoms with E-state index < -0.39 is 23.5 Å². The van der Waals surface area contributed by atoms with Crippen molar-refractivity contribution in [2.75, 3.05) is 19.6 Å². The summed E-state index contributed by atoms with van der Waals surface area (Å²) >= 11 is 0. The first kappa shape index (κ1) is 35.9. The number of nitrogens with one attached hydrogen (secondary N) is 2. The van der Waals surface area contributed by atoms with Crippen LogP contribution in [-0.2, 0) is 32.1 Å². The summed E-state index contributed by atoms with van der Waals surface area (Å²) in [5.41, 5.74) is 0.749. The Bertz CT molecular complexity index is 1510. The molecule has 270 valence electrons. The number of hydrogen-bond donors (Lipinski definition) is 2. The lowest BCUT2D eigenvalue weighted by molar-refractivity contribution is -0.147. The second-order valence-corrected chi connectivity index (χ2v) is 16.1. The molecule has 6 rings (SSSR count). The number of hydrogen-bond acceptors (Lipinski definition) is 5. The Balaban J connectivity index is 1.15. The van der Waals surface area contributed by atoms with Crippen LogP contribution in [0.3, 0.4) is 0 Å². The maximum atomic E-state index is 14.3. The number of benzene rings is 2. The first-order valence-corrected chi connectivity index (χ1v) is 18.6. The van der Waals surface area contributed by atoms with Crippen molar-refractivity contribution in [2.45, 2.75) is 109 Å². The smallest absolute Gasteiger partial charge is 0.410 e. The Labute approximate surface area is 295 Å². The summed E-state index contributed by atoms with van der Waals surface area (Å²) in [7, 11) is 0. The van der Waals surface area contributed by atoms with Crippen molar-refractivity contribution in [3.63, 3.8) is 0 Å². The van der Waals surface area contributed by atoms with E-state index in [1.54, 1.807) is 21.9 Å². The van der Waals surface area contributed by atoms with E-state index in [9.17, 15) is 23.6 Å². The first-order valence-electron chi connectivity index (χ1n) is 18.6. The SMILES string of the molecule is CC(C)(C)NC(=O)C1(C2CCCCC2)CCN(C(=O)C(Cc2ccc(F)cc2)NC(=O)C2CC3CC2N(C(=O)OCc2ccccc2)C3)CC1. The molecule has 2 aliphatic heterocycles. The molecule has 2 N–H and O–H groups in total. The molecule has 4 unspecified atom stereocenters. The minimum atomic E-state index is -0.865. The Morgan fingerprint density at radius 2 is 1.60 bits per heavy atom. The van der Waals surface area contributed by atoms with E-state index in [0.717, 1.165) is 43.2 Å². The van der Waals surface area contributed by atoms with E-state index in [0.29, 0.717) is 38.9 Å². The topological polar surface area (TPSA) is 108 Å². The van der Waals surface area contributed by atoms with E-state index in [4.69, 9.17) is 4.74 Å². The zero-order valence-electron chi connectivity index (χ0n) is 29.8. The molecule has 0 radical (unpaired) electrons. The average molecular weight is 689 g/mol. The number of rotatable bonds is 9. The van der Waals surface area contributed by atoms with Crippen LogP contribution in [0.4, 0.5) is 9.18 Å². The Morgan fingerprint density at radius 1 is 0.920 bits per heavy atom. The van der Waals surface area contributed by atoms with Gasteiger partial charge in [0.2, 0.25) is 17.7 Å². The second kappa shape index (κ2) is 15.1. The summed E-state index contributed by atoms with van der Waals surface area (Å²) in [5.74, 6) is -0.710. The number of ether oxygens (including phenoxy) is 1. The number of piperidine rings is 2. The monoisotopic (exact) mass is 688 g/mol. The van der Waals surface area contributed by atoms with Gasteiger partial charge in [0.15, 0.2) is 0 Å². The van der Waals surface area contributed by atoms with E-state index in [1.807, 2.05) is 51.1 Å². The van der Waals surface area contributed by atoms with Gasteiger partial charge in [-0.25, -0.2) is 9.18 Å². The van der Waals surface area contributed by atoms with Gasteiger partial charge in [0.1, 0.15) is 18.5 Å². The summed E-state index contributed by atoms with van der Waals surface area (Å²) in [6, 6.07) is 14.3. The second-order valence-electron chi connectivity index (χ2n) is 16.1. The van der Waals surface area contributed by atoms with Gasteiger partial charge in [0.05, 0.1) is 11.3 Å². The van der Waals surface area contributed by atoms with Crippen molar-refractivity contribution in [1.29, 1.82) is 0 Å². The fourth-order valence-electron chi connectivity index (χ4n) is 8.94. The molecular weight excluding hydrogens is 635 g/mol. The van der Waals surface area contributed by atoms with Crippen LogP contribution in [0.15, 0.2) is 54.6 Å². The van der Waals surface area contributed by atoms with E-state index in [1.165, 1.54) is 18.6 Å². The Hall–Kier alpha value is -3.95. The van der Waals surface area contributed by atoms with E-state index in [2.05, 4.69) is 10.6 Å². The standard InChI is InChI=1S/C40H53FN4O5/c1-39(2,3)43-37(48)40(30-12-8-5-9-13-30)18-20-44(21-19-40)36(47)33(23-27-14-16-31(41)17-15-27)42-35(46)32-22-29-24-34(32)45(25-29)38(49)50-26-28-10-6-4-7-11-28/h4,6-7,10-11,14-17,29-30,32-34H,5,8-9,12-13,18-26H2,1-3H3,(H,42,46)(H,43,48). The van der Waals surface area contributed by atoms with Gasteiger partial charge in [-0.05, 0) is 94.4 Å². The van der Waals surface area contributed by atoms with Crippen molar-refractivity contribution in [3.8, 4) is 0 Å². The number of likely N-dealkylation sites (tertiary alicyclic amines) is 2. The van der Waals surface area contributed by atoms with E-state index in [-0.39, 0.29) is 60.0 Å². The number of carbonyl (C=O) groups is 4. The lowest BCUT2D eigenvalue weighted by Gasteiger charge is -2.48. The number of fused-ring (bicyclic) bond motifs is 2. The molecule has 4 atom stereocenters. The van der Waals surface area contributed by atoms with Gasteiger partial charge in [-0.15, -0.1) is 0 Å². The number of carbonyl (C=O) groups excluding carboxylic acids is 4. The quantitative estimate of drug-likeness (QED) is 0.336. The summed E-state index contributed by atoms with van der Waals surface area (Å²) in [4.78, 5) is 58.8. The normalized spacial score (nSPS) is 24.0. The van der Waals surface area contributed by atoms with Crippen molar-refractivity contribution < 1.29 is 28.3 Å². The molecule has 9 nitrogen and oxygen atoms in total. The molecule has 2 aromatic carbocycles. The molecule has 4 aliphatic rings. The number of nitrogens with zero attached hydrogens (tertiary/aromatic N) is 2. The van der Waals surface area contributed by atoms with Gasteiger partial charge < -0.3 is 25.2 Å². The average Bonchev–Trinajstić information content (AvgIpc) is 3.73. The van der Waals surface area contributed by atoms with Crippen LogP contribution in [-0.4, -0.2) is 70.9 Å². The molecule has 2 saturated heterocycles. The van der Waals surface area contributed by atoms with Gasteiger partial charge >= 0.3 is 6.09 Å². The number of amides is 4. The van der Waals surface area contributed by atoms with Crippen LogP contribution in [0.2, 0.25) is 0 Å². The Kier molecular flexibility index (Phi) is 10.8. The molecule has 2 aliphatic carbocycles. The van der Waals surface area contributed by atoms with Crippen LogP contribution < -0.4 is 10.6 Å². The Morgan fingerprint density at radius 3 is 2.24 bits per heavy atom. The van der Waals surface area contributed by atoms with Gasteiger partial charge in [0, 0.05) is 37.6 Å². The first-order chi connectivity index (χ1) is 23.9. The summed E-state index contributed by atoms with van der Waals surface area (Å²) in [6.07, 6.45) is 7.79. The third-order valence-electron chi connectivity index (χ3n) is 11.5. The predicted octanol–water partition coefficient (Wildman–Crippen LogP) is 6.00. The molecule has 2 bridgehead atoms. The summed E-state index contributed by atoms with van der Waals surface area (Å²) in [5, 5.41) is 6.34. The molecule has 2 heterocycles. The zero-order chi connectivity index (χ0) is 35.5. The molecular formula is C40H53FN4O5. The molecule has 50 heavy (non-hydrogen) atoms. The molecule has 10 heteroatoms. The predicted molar refractivity (Wildman–Crippen MR) is 188 cm³/mol.